The van der Waals surface area contributed by atoms with Gasteiger partial charge in [0.1, 0.15) is 11.6 Å². The molecule has 1 saturated heterocycles. The van der Waals surface area contributed by atoms with Gasteiger partial charge in [-0.05, 0) is 51.3 Å². The van der Waals surface area contributed by atoms with Crippen LogP contribution in [0.5, 0.6) is 0 Å². The number of amides is 2. The molecule has 186 valence electrons. The van der Waals surface area contributed by atoms with Gasteiger partial charge in [-0.25, -0.2) is 23.5 Å². The Balaban J connectivity index is 1.35. The summed E-state index contributed by atoms with van der Waals surface area (Å²) in [6.07, 6.45) is 1.01. The number of para-hydroxylation sites is 1. The number of fused-ring (bicyclic) bond motifs is 1. The minimum absolute atomic E-state index is 0.228. The first-order valence-corrected chi connectivity index (χ1v) is 11.8. The van der Waals surface area contributed by atoms with Crippen molar-refractivity contribution in [2.24, 2.45) is 0 Å². The maximum atomic E-state index is 13.4. The largest absolute Gasteiger partial charge is 0.369 e. The molecule has 0 unspecified atom stereocenters. The molecular weight excluding hydrogens is 452 g/mol. The third-order valence-electron chi connectivity index (χ3n) is 5.92. The fourth-order valence-electron chi connectivity index (χ4n) is 4.02. The van der Waals surface area contributed by atoms with Gasteiger partial charge in [-0.1, -0.05) is 12.1 Å². The fraction of sp³-hybridized carbons (Fsp3) is 0.400. The lowest BCUT2D eigenvalue weighted by molar-refractivity contribution is 0.141. The number of nitrogens with zero attached hydrogens (tertiary/aromatic N) is 5. The Morgan fingerprint density at radius 3 is 2.54 bits per heavy atom. The minimum Gasteiger partial charge on any atom is -0.369 e. The Morgan fingerprint density at radius 2 is 1.80 bits per heavy atom. The Bertz CT molecular complexity index is 1170. The lowest BCUT2D eigenvalue weighted by Gasteiger charge is -2.34. The number of carbonyl (C=O) groups is 1. The van der Waals surface area contributed by atoms with Gasteiger partial charge in [-0.2, -0.15) is 0 Å². The van der Waals surface area contributed by atoms with Crippen LogP contribution in [0.15, 0.2) is 42.5 Å². The van der Waals surface area contributed by atoms with Gasteiger partial charge < -0.3 is 20.4 Å². The van der Waals surface area contributed by atoms with Gasteiger partial charge in [0.2, 0.25) is 0 Å². The first-order chi connectivity index (χ1) is 16.9. The highest BCUT2D eigenvalue weighted by molar-refractivity contribution is 5.89. The van der Waals surface area contributed by atoms with Crippen LogP contribution in [0.25, 0.3) is 10.9 Å². The highest BCUT2D eigenvalue weighted by Crippen LogP contribution is 2.21. The van der Waals surface area contributed by atoms with Gasteiger partial charge in [0, 0.05) is 49.9 Å². The van der Waals surface area contributed by atoms with Crippen LogP contribution < -0.4 is 10.6 Å². The molecule has 0 bridgehead atoms. The highest BCUT2D eigenvalue weighted by Gasteiger charge is 2.22. The van der Waals surface area contributed by atoms with E-state index in [-0.39, 0.29) is 11.7 Å². The summed E-state index contributed by atoms with van der Waals surface area (Å²) in [4.78, 5) is 28.1. The van der Waals surface area contributed by atoms with Crippen molar-refractivity contribution in [1.82, 2.24) is 24.7 Å². The normalized spacial score (nSPS) is 14.5. The molecule has 1 fully saturated rings. The van der Waals surface area contributed by atoms with Crippen LogP contribution >= 0.6 is 0 Å². The summed E-state index contributed by atoms with van der Waals surface area (Å²) < 4.78 is 26.5. The van der Waals surface area contributed by atoms with Gasteiger partial charge in [0.05, 0.1) is 12.1 Å². The van der Waals surface area contributed by atoms with Crippen molar-refractivity contribution >= 4 is 28.4 Å². The van der Waals surface area contributed by atoms with Crippen molar-refractivity contribution in [2.45, 2.75) is 13.0 Å². The van der Waals surface area contributed by atoms with Gasteiger partial charge >= 0.3 is 6.03 Å². The first kappa shape index (κ1) is 24.7. The van der Waals surface area contributed by atoms with E-state index in [1.165, 1.54) is 6.07 Å². The van der Waals surface area contributed by atoms with Gasteiger partial charge in [0.15, 0.2) is 11.6 Å². The summed E-state index contributed by atoms with van der Waals surface area (Å²) in [5, 5.41) is 7.09. The van der Waals surface area contributed by atoms with Gasteiger partial charge in [-0.15, -0.1) is 0 Å². The van der Waals surface area contributed by atoms with E-state index in [4.69, 9.17) is 9.97 Å². The molecule has 0 radical (unpaired) electrons. The molecule has 4 rings (SSSR count). The maximum absolute atomic E-state index is 13.4. The second-order valence-corrected chi connectivity index (χ2v) is 8.91. The first-order valence-electron chi connectivity index (χ1n) is 11.8. The quantitative estimate of drug-likeness (QED) is 0.477. The molecule has 3 aromatic rings. The number of carbonyl (C=O) groups excluding carboxylic acids is 1. The number of urea groups is 1. The Kier molecular flexibility index (Phi) is 8.04. The van der Waals surface area contributed by atoms with E-state index < -0.39 is 11.6 Å². The molecule has 0 atom stereocenters. The number of piperazine rings is 1. The number of rotatable bonds is 8. The highest BCUT2D eigenvalue weighted by atomic mass is 19.2. The van der Waals surface area contributed by atoms with Gasteiger partial charge in [0.25, 0.3) is 0 Å². The van der Waals surface area contributed by atoms with Crippen molar-refractivity contribution in [2.75, 3.05) is 64.0 Å². The van der Waals surface area contributed by atoms with E-state index in [0.29, 0.717) is 32.7 Å². The van der Waals surface area contributed by atoms with Crippen molar-refractivity contribution in [3.05, 3.63) is 59.9 Å². The summed E-state index contributed by atoms with van der Waals surface area (Å²) in [5.41, 5.74) is 1.13. The van der Waals surface area contributed by atoms with E-state index >= 15 is 0 Å². The van der Waals surface area contributed by atoms with E-state index in [9.17, 15) is 13.6 Å². The summed E-state index contributed by atoms with van der Waals surface area (Å²) in [6, 6.07) is 11.0. The molecule has 2 aromatic carbocycles. The van der Waals surface area contributed by atoms with Crippen LogP contribution in [0, 0.1) is 11.6 Å². The zero-order chi connectivity index (χ0) is 24.8. The number of halogens is 2. The van der Waals surface area contributed by atoms with E-state index in [0.717, 1.165) is 54.2 Å². The molecule has 0 saturated carbocycles. The van der Waals surface area contributed by atoms with Crippen LogP contribution in [-0.4, -0.2) is 84.1 Å². The number of hydrogen-bond donors (Lipinski definition) is 2. The molecule has 0 spiro atoms. The van der Waals surface area contributed by atoms with Crippen LogP contribution in [0.4, 0.5) is 25.1 Å². The number of nitrogens with one attached hydrogen (secondary N) is 2. The molecule has 2 N–H and O–H groups in total. The molecule has 2 heterocycles. The topological polar surface area (TPSA) is 76.6 Å². The van der Waals surface area contributed by atoms with Crippen molar-refractivity contribution in [3.63, 3.8) is 0 Å². The molecular formula is C25H31F2N7O. The molecule has 10 heteroatoms. The molecule has 1 aromatic heterocycles. The van der Waals surface area contributed by atoms with Crippen molar-refractivity contribution in [3.8, 4) is 0 Å². The lowest BCUT2D eigenvalue weighted by Crippen LogP contribution is -2.49. The van der Waals surface area contributed by atoms with E-state index in [2.05, 4.69) is 34.5 Å². The number of aromatic nitrogens is 2. The SMILES string of the molecule is CN(C)CCCNc1nc(CN2CCN(C(=O)Nc3ccc(F)c(F)c3)CC2)nc2ccccc12. The second kappa shape index (κ2) is 11.4. The monoisotopic (exact) mass is 483 g/mol. The third kappa shape index (κ3) is 6.61. The molecule has 2 amide bonds. The smallest absolute Gasteiger partial charge is 0.321 e. The fourth-order valence-corrected chi connectivity index (χ4v) is 4.02. The molecule has 35 heavy (non-hydrogen) atoms. The predicted molar refractivity (Wildman–Crippen MR) is 133 cm³/mol. The molecule has 1 aliphatic heterocycles. The Hall–Kier alpha value is -3.37. The van der Waals surface area contributed by atoms with Crippen LogP contribution in [0.1, 0.15) is 12.2 Å². The summed E-state index contributed by atoms with van der Waals surface area (Å²) in [6.45, 7) is 4.74. The maximum Gasteiger partial charge on any atom is 0.321 e. The minimum atomic E-state index is -0.991. The number of benzene rings is 2. The third-order valence-corrected chi connectivity index (χ3v) is 5.92. The van der Waals surface area contributed by atoms with Crippen LogP contribution in [0.2, 0.25) is 0 Å². The molecule has 8 nitrogen and oxygen atoms in total. The van der Waals surface area contributed by atoms with Crippen molar-refractivity contribution in [1.29, 1.82) is 0 Å². The standard InChI is InChI=1S/C25H31F2N7O/c1-32(2)11-5-10-28-24-19-6-3-4-7-22(19)30-23(31-24)17-33-12-14-34(15-13-33)25(35)29-18-8-9-20(26)21(27)16-18/h3-4,6-9,16H,5,10-15,17H2,1-2H3,(H,29,35)(H,28,30,31). The predicted octanol–water partition coefficient (Wildman–Crippen LogP) is 3.62. The second-order valence-electron chi connectivity index (χ2n) is 8.91. The Labute approximate surface area is 203 Å². The van der Waals surface area contributed by atoms with Crippen molar-refractivity contribution < 1.29 is 13.6 Å². The number of hydrogen-bond acceptors (Lipinski definition) is 6. The molecule has 1 aliphatic rings. The average molecular weight is 484 g/mol. The van der Waals surface area contributed by atoms with E-state index in [1.807, 2.05) is 24.3 Å². The summed E-state index contributed by atoms with van der Waals surface area (Å²) >= 11 is 0. The zero-order valence-corrected chi connectivity index (χ0v) is 20.1. The summed E-state index contributed by atoms with van der Waals surface area (Å²) in [5.74, 6) is -0.360. The average Bonchev–Trinajstić information content (AvgIpc) is 2.84. The van der Waals surface area contributed by atoms with E-state index in [1.54, 1.807) is 4.90 Å². The van der Waals surface area contributed by atoms with Crippen LogP contribution in [0.3, 0.4) is 0 Å². The summed E-state index contributed by atoms with van der Waals surface area (Å²) in [7, 11) is 4.12. The van der Waals surface area contributed by atoms with Gasteiger partial charge in [-0.3, -0.25) is 4.90 Å². The lowest BCUT2D eigenvalue weighted by atomic mass is 10.2. The zero-order valence-electron chi connectivity index (χ0n) is 20.1. The number of anilines is 2. The Morgan fingerprint density at radius 1 is 1.03 bits per heavy atom. The van der Waals surface area contributed by atoms with Crippen LogP contribution in [-0.2, 0) is 6.54 Å². The molecule has 0 aliphatic carbocycles.